The predicted molar refractivity (Wildman–Crippen MR) is 101 cm³/mol. The molecule has 0 radical (unpaired) electrons. The molecule has 2 atom stereocenters. The second kappa shape index (κ2) is 6.87. The van der Waals surface area contributed by atoms with Crippen molar-refractivity contribution in [3.05, 3.63) is 59.1 Å². The van der Waals surface area contributed by atoms with Gasteiger partial charge in [-0.3, -0.25) is 0 Å². The highest BCUT2D eigenvalue weighted by Crippen LogP contribution is 2.42. The van der Waals surface area contributed by atoms with Gasteiger partial charge in [0.25, 0.3) is 0 Å². The Morgan fingerprint density at radius 3 is 2.38 bits per heavy atom. The first-order chi connectivity index (χ1) is 11.7. The molecular formula is C21H25ClN2. The maximum atomic E-state index is 6.09. The van der Waals surface area contributed by atoms with Gasteiger partial charge in [-0.25, -0.2) is 0 Å². The molecule has 2 aromatic carbocycles. The Bertz CT molecular complexity index is 689. The fraction of sp³-hybridized carbons (Fsp3) is 0.429. The summed E-state index contributed by atoms with van der Waals surface area (Å²) in [5.74, 6) is 0.675. The highest BCUT2D eigenvalue weighted by molar-refractivity contribution is 6.30. The Balaban J connectivity index is 1.36. The third-order valence-corrected chi connectivity index (χ3v) is 5.74. The molecule has 2 aliphatic rings. The first kappa shape index (κ1) is 16.1. The lowest BCUT2D eigenvalue weighted by Gasteiger charge is -2.27. The number of halogens is 1. The monoisotopic (exact) mass is 340 g/mol. The highest BCUT2D eigenvalue weighted by Gasteiger charge is 2.39. The van der Waals surface area contributed by atoms with Crippen molar-refractivity contribution in [3.63, 3.8) is 0 Å². The lowest BCUT2D eigenvalue weighted by atomic mass is 9.92. The van der Waals surface area contributed by atoms with Crippen LogP contribution in [-0.4, -0.2) is 18.1 Å². The number of benzene rings is 2. The zero-order valence-corrected chi connectivity index (χ0v) is 14.7. The molecule has 3 N–H and O–H groups in total. The molecule has 24 heavy (non-hydrogen) atoms. The summed E-state index contributed by atoms with van der Waals surface area (Å²) in [5, 5.41) is 4.63. The fourth-order valence-electron chi connectivity index (χ4n) is 3.93. The summed E-state index contributed by atoms with van der Waals surface area (Å²) in [5.41, 5.74) is 9.86. The third-order valence-electron chi connectivity index (χ3n) is 5.51. The fourth-order valence-corrected chi connectivity index (χ4v) is 4.12. The summed E-state index contributed by atoms with van der Waals surface area (Å²) < 4.78 is 0. The zero-order chi connectivity index (χ0) is 16.5. The number of rotatable bonds is 4. The maximum absolute atomic E-state index is 6.09. The van der Waals surface area contributed by atoms with E-state index in [2.05, 4.69) is 35.6 Å². The molecule has 0 saturated heterocycles. The van der Waals surface area contributed by atoms with E-state index < -0.39 is 0 Å². The standard InChI is InChI=1S/C21H25ClN2/c22-17-3-1-2-16(12-17)14-4-6-15(7-5-14)20-13-21(20)24-19-10-8-18(23)9-11-19/h1-7,12,18-21,24H,8-11,13,23H2. The molecular weight excluding hydrogens is 316 g/mol. The van der Waals surface area contributed by atoms with Crippen molar-refractivity contribution < 1.29 is 0 Å². The smallest absolute Gasteiger partial charge is 0.0412 e. The van der Waals surface area contributed by atoms with Crippen molar-refractivity contribution >= 4 is 11.6 Å². The van der Waals surface area contributed by atoms with Gasteiger partial charge in [0.15, 0.2) is 0 Å². The largest absolute Gasteiger partial charge is 0.328 e. The number of hydrogen-bond donors (Lipinski definition) is 2. The van der Waals surface area contributed by atoms with Crippen molar-refractivity contribution in [2.75, 3.05) is 0 Å². The van der Waals surface area contributed by atoms with Crippen LogP contribution >= 0.6 is 11.6 Å². The zero-order valence-electron chi connectivity index (χ0n) is 13.9. The summed E-state index contributed by atoms with van der Waals surface area (Å²) >= 11 is 6.09. The first-order valence-corrected chi connectivity index (χ1v) is 9.44. The molecule has 2 fully saturated rings. The first-order valence-electron chi connectivity index (χ1n) is 9.06. The van der Waals surface area contributed by atoms with Gasteiger partial charge in [0.2, 0.25) is 0 Å². The van der Waals surface area contributed by atoms with Crippen LogP contribution in [0.15, 0.2) is 48.5 Å². The van der Waals surface area contributed by atoms with Crippen LogP contribution in [0.2, 0.25) is 5.02 Å². The van der Waals surface area contributed by atoms with E-state index in [0.29, 0.717) is 24.0 Å². The minimum atomic E-state index is 0.428. The van der Waals surface area contributed by atoms with E-state index in [0.717, 1.165) is 5.02 Å². The van der Waals surface area contributed by atoms with Gasteiger partial charge in [-0.1, -0.05) is 48.0 Å². The molecule has 0 heterocycles. The number of nitrogens with two attached hydrogens (primary N) is 1. The van der Waals surface area contributed by atoms with Crippen LogP contribution in [0.1, 0.15) is 43.6 Å². The van der Waals surface area contributed by atoms with E-state index in [1.165, 1.54) is 48.8 Å². The van der Waals surface area contributed by atoms with Crippen molar-refractivity contribution in [2.24, 2.45) is 5.73 Å². The molecule has 4 rings (SSSR count). The summed E-state index contributed by atoms with van der Waals surface area (Å²) in [6, 6.07) is 18.8. The molecule has 0 bridgehead atoms. The molecule has 2 aromatic rings. The summed E-state index contributed by atoms with van der Waals surface area (Å²) in [6.07, 6.45) is 6.07. The van der Waals surface area contributed by atoms with Gasteiger partial charge in [-0.05, 0) is 60.9 Å². The van der Waals surface area contributed by atoms with Crippen LogP contribution in [0, 0.1) is 0 Å². The van der Waals surface area contributed by atoms with Crippen molar-refractivity contribution in [1.29, 1.82) is 0 Å². The summed E-state index contributed by atoms with van der Waals surface area (Å²) in [7, 11) is 0. The molecule has 2 nitrogen and oxygen atoms in total. The average Bonchev–Trinajstić information content (AvgIpc) is 3.36. The molecule has 3 heteroatoms. The second-order valence-electron chi connectivity index (χ2n) is 7.36. The van der Waals surface area contributed by atoms with Crippen molar-refractivity contribution in [1.82, 2.24) is 5.32 Å². The van der Waals surface area contributed by atoms with Gasteiger partial charge >= 0.3 is 0 Å². The molecule has 126 valence electrons. The Labute approximate surface area is 149 Å². The van der Waals surface area contributed by atoms with Gasteiger partial charge in [-0.15, -0.1) is 0 Å². The summed E-state index contributed by atoms with van der Waals surface area (Å²) in [6.45, 7) is 0. The Morgan fingerprint density at radius 2 is 1.67 bits per heavy atom. The number of nitrogens with one attached hydrogen (secondary N) is 1. The normalized spacial score (nSPS) is 29.4. The van der Waals surface area contributed by atoms with E-state index in [9.17, 15) is 0 Å². The van der Waals surface area contributed by atoms with Gasteiger partial charge in [0, 0.05) is 29.1 Å². The lowest BCUT2D eigenvalue weighted by Crippen LogP contribution is -2.38. The van der Waals surface area contributed by atoms with Crippen LogP contribution in [-0.2, 0) is 0 Å². The minimum Gasteiger partial charge on any atom is -0.328 e. The maximum Gasteiger partial charge on any atom is 0.0412 e. The topological polar surface area (TPSA) is 38.0 Å². The Morgan fingerprint density at radius 1 is 0.917 bits per heavy atom. The van der Waals surface area contributed by atoms with E-state index in [1.54, 1.807) is 0 Å². The molecule has 2 saturated carbocycles. The highest BCUT2D eigenvalue weighted by atomic mass is 35.5. The summed E-state index contributed by atoms with van der Waals surface area (Å²) in [4.78, 5) is 0. The van der Waals surface area contributed by atoms with Crippen LogP contribution in [0.4, 0.5) is 0 Å². The molecule has 2 unspecified atom stereocenters. The van der Waals surface area contributed by atoms with Crippen LogP contribution in [0.3, 0.4) is 0 Å². The van der Waals surface area contributed by atoms with Crippen LogP contribution in [0.25, 0.3) is 11.1 Å². The van der Waals surface area contributed by atoms with E-state index in [-0.39, 0.29) is 0 Å². The van der Waals surface area contributed by atoms with E-state index in [4.69, 9.17) is 17.3 Å². The lowest BCUT2D eigenvalue weighted by molar-refractivity contribution is 0.339. The van der Waals surface area contributed by atoms with E-state index in [1.807, 2.05) is 18.2 Å². The molecule has 0 spiro atoms. The molecule has 0 aromatic heterocycles. The molecule has 0 amide bonds. The Hall–Kier alpha value is -1.35. The predicted octanol–water partition coefficient (Wildman–Crippen LogP) is 4.72. The quantitative estimate of drug-likeness (QED) is 0.845. The van der Waals surface area contributed by atoms with Gasteiger partial charge in [0.1, 0.15) is 0 Å². The van der Waals surface area contributed by atoms with Gasteiger partial charge in [0.05, 0.1) is 0 Å². The van der Waals surface area contributed by atoms with E-state index >= 15 is 0 Å². The second-order valence-corrected chi connectivity index (χ2v) is 7.80. The molecule has 2 aliphatic carbocycles. The number of hydrogen-bond acceptors (Lipinski definition) is 2. The third kappa shape index (κ3) is 3.66. The molecule has 0 aliphatic heterocycles. The van der Waals surface area contributed by atoms with Crippen molar-refractivity contribution in [3.8, 4) is 11.1 Å². The Kier molecular flexibility index (Phi) is 4.62. The SMILES string of the molecule is NC1CCC(NC2CC2c2ccc(-c3cccc(Cl)c3)cc2)CC1. The van der Waals surface area contributed by atoms with Crippen LogP contribution < -0.4 is 11.1 Å². The van der Waals surface area contributed by atoms with Gasteiger partial charge < -0.3 is 11.1 Å². The van der Waals surface area contributed by atoms with Crippen molar-refractivity contribution in [2.45, 2.75) is 56.1 Å². The average molecular weight is 341 g/mol. The minimum absolute atomic E-state index is 0.428. The van der Waals surface area contributed by atoms with Crippen LogP contribution in [0.5, 0.6) is 0 Å². The van der Waals surface area contributed by atoms with Gasteiger partial charge in [-0.2, -0.15) is 0 Å².